The van der Waals surface area contributed by atoms with Gasteiger partial charge in [-0.25, -0.2) is 8.78 Å². The van der Waals surface area contributed by atoms with Gasteiger partial charge in [-0.2, -0.15) is 12.6 Å². The highest BCUT2D eigenvalue weighted by Crippen LogP contribution is 2.32. The second kappa shape index (κ2) is 5.74. The van der Waals surface area contributed by atoms with E-state index in [2.05, 4.69) is 24.5 Å². The highest BCUT2D eigenvalue weighted by Gasteiger charge is 2.16. The van der Waals surface area contributed by atoms with Crippen LogP contribution >= 0.6 is 12.6 Å². The summed E-state index contributed by atoms with van der Waals surface area (Å²) in [6.07, 6.45) is 4.91. The average molecular weight is 269 g/mol. The van der Waals surface area contributed by atoms with E-state index in [1.165, 1.54) is 12.1 Å². The van der Waals surface area contributed by atoms with Crippen LogP contribution in [0, 0.1) is 11.6 Å². The predicted molar refractivity (Wildman–Crippen MR) is 74.3 cm³/mol. The maximum atomic E-state index is 13.3. The van der Waals surface area contributed by atoms with E-state index < -0.39 is 11.6 Å². The Morgan fingerprint density at radius 1 is 1.22 bits per heavy atom. The van der Waals surface area contributed by atoms with E-state index in [0.29, 0.717) is 11.4 Å². The number of hydrogen-bond donors (Lipinski definition) is 2. The summed E-state index contributed by atoms with van der Waals surface area (Å²) in [6.45, 7) is 2.13. The molecule has 1 aromatic heterocycles. The van der Waals surface area contributed by atoms with Crippen molar-refractivity contribution in [3.05, 3.63) is 35.5 Å². The summed E-state index contributed by atoms with van der Waals surface area (Å²) in [4.78, 5) is 3.02. The molecule has 0 aliphatic rings. The van der Waals surface area contributed by atoms with Gasteiger partial charge in [0.25, 0.3) is 0 Å². The molecule has 1 nitrogen and oxygen atoms in total. The molecular formula is C14H17F2NS. The van der Waals surface area contributed by atoms with Crippen LogP contribution in [0.3, 0.4) is 0 Å². The molecule has 0 radical (unpaired) electrons. The van der Waals surface area contributed by atoms with Crippen LogP contribution in [0.4, 0.5) is 8.78 Å². The van der Waals surface area contributed by atoms with Gasteiger partial charge in [-0.05, 0) is 36.1 Å². The third kappa shape index (κ3) is 2.53. The standard InChI is InChI=1S/C14H17F2NS/c1-2-3-9(4-5-18)11-8-17-14-7-13(16)12(15)6-10(11)14/h6-9,17-18H,2-5H2,1H3. The molecule has 2 rings (SSSR count). The monoisotopic (exact) mass is 269 g/mol. The van der Waals surface area contributed by atoms with Gasteiger partial charge in [0.05, 0.1) is 0 Å². The maximum Gasteiger partial charge on any atom is 0.160 e. The molecule has 0 aliphatic heterocycles. The molecule has 1 unspecified atom stereocenters. The van der Waals surface area contributed by atoms with Crippen molar-refractivity contribution in [1.82, 2.24) is 4.98 Å². The lowest BCUT2D eigenvalue weighted by atomic mass is 9.92. The first-order chi connectivity index (χ1) is 8.67. The molecule has 0 spiro atoms. The molecule has 2 aromatic rings. The molecule has 1 N–H and O–H groups in total. The number of halogens is 2. The minimum atomic E-state index is -0.808. The van der Waals surface area contributed by atoms with E-state index in [1.807, 2.05) is 6.20 Å². The van der Waals surface area contributed by atoms with E-state index in [1.54, 1.807) is 0 Å². The number of rotatable bonds is 5. The molecule has 18 heavy (non-hydrogen) atoms. The summed E-state index contributed by atoms with van der Waals surface area (Å²) < 4.78 is 26.5. The zero-order valence-electron chi connectivity index (χ0n) is 10.3. The number of benzene rings is 1. The van der Waals surface area contributed by atoms with Gasteiger partial charge in [-0.1, -0.05) is 13.3 Å². The zero-order chi connectivity index (χ0) is 13.1. The van der Waals surface area contributed by atoms with Crippen molar-refractivity contribution >= 4 is 23.5 Å². The molecule has 98 valence electrons. The SMILES string of the molecule is CCCC(CCS)c1c[nH]c2cc(F)c(F)cc12. The predicted octanol–water partition coefficient (Wildman–Crippen LogP) is 4.65. The van der Waals surface area contributed by atoms with Crippen LogP contribution in [0.1, 0.15) is 37.7 Å². The van der Waals surface area contributed by atoms with E-state index in [4.69, 9.17) is 0 Å². The number of aromatic amines is 1. The first-order valence-electron chi connectivity index (χ1n) is 6.24. The summed E-state index contributed by atoms with van der Waals surface area (Å²) in [5.74, 6) is -0.450. The number of H-pyrrole nitrogens is 1. The van der Waals surface area contributed by atoms with Crippen molar-refractivity contribution < 1.29 is 8.78 Å². The van der Waals surface area contributed by atoms with E-state index >= 15 is 0 Å². The second-order valence-corrected chi connectivity index (χ2v) is 5.00. The minimum Gasteiger partial charge on any atom is -0.361 e. The van der Waals surface area contributed by atoms with Gasteiger partial charge in [-0.3, -0.25) is 0 Å². The quantitative estimate of drug-likeness (QED) is 0.735. The van der Waals surface area contributed by atoms with Crippen molar-refractivity contribution in [2.24, 2.45) is 0 Å². The zero-order valence-corrected chi connectivity index (χ0v) is 11.2. The Kier molecular flexibility index (Phi) is 4.27. The molecule has 0 amide bonds. The van der Waals surface area contributed by atoms with Crippen LogP contribution in [-0.2, 0) is 0 Å². The Morgan fingerprint density at radius 3 is 2.61 bits per heavy atom. The highest BCUT2D eigenvalue weighted by molar-refractivity contribution is 7.80. The average Bonchev–Trinajstić information content (AvgIpc) is 2.72. The van der Waals surface area contributed by atoms with Crippen molar-refractivity contribution in [1.29, 1.82) is 0 Å². The lowest BCUT2D eigenvalue weighted by molar-refractivity contribution is 0.510. The Morgan fingerprint density at radius 2 is 1.94 bits per heavy atom. The summed E-state index contributed by atoms with van der Waals surface area (Å²) >= 11 is 4.27. The van der Waals surface area contributed by atoms with Gasteiger partial charge < -0.3 is 4.98 Å². The van der Waals surface area contributed by atoms with Crippen molar-refractivity contribution in [2.75, 3.05) is 5.75 Å². The van der Waals surface area contributed by atoms with Crippen LogP contribution in [0.25, 0.3) is 10.9 Å². The van der Waals surface area contributed by atoms with Crippen LogP contribution in [-0.4, -0.2) is 10.7 Å². The van der Waals surface area contributed by atoms with Crippen molar-refractivity contribution in [3.63, 3.8) is 0 Å². The van der Waals surface area contributed by atoms with Gasteiger partial charge in [0.15, 0.2) is 11.6 Å². The smallest absolute Gasteiger partial charge is 0.160 e. The number of nitrogens with one attached hydrogen (secondary N) is 1. The molecular weight excluding hydrogens is 252 g/mol. The Hall–Kier alpha value is -1.03. The summed E-state index contributed by atoms with van der Waals surface area (Å²) in [5, 5.41) is 0.786. The van der Waals surface area contributed by atoms with Crippen LogP contribution in [0.15, 0.2) is 18.3 Å². The minimum absolute atomic E-state index is 0.353. The summed E-state index contributed by atoms with van der Waals surface area (Å²) in [6, 6.07) is 2.51. The van der Waals surface area contributed by atoms with E-state index in [-0.39, 0.29) is 0 Å². The Bertz CT molecular complexity index is 530. The molecule has 1 aromatic carbocycles. The lowest BCUT2D eigenvalue weighted by Gasteiger charge is -2.14. The number of thiol groups is 1. The fourth-order valence-corrected chi connectivity index (χ4v) is 2.75. The Balaban J connectivity index is 2.46. The molecule has 1 atom stereocenters. The number of fused-ring (bicyclic) bond motifs is 1. The second-order valence-electron chi connectivity index (χ2n) is 4.55. The summed E-state index contributed by atoms with van der Waals surface area (Å²) in [5.41, 5.74) is 1.73. The first-order valence-corrected chi connectivity index (χ1v) is 6.87. The molecule has 0 saturated heterocycles. The Labute approximate surface area is 111 Å². The van der Waals surface area contributed by atoms with Gasteiger partial charge in [0, 0.05) is 23.2 Å². The molecule has 1 heterocycles. The fraction of sp³-hybridized carbons (Fsp3) is 0.429. The highest BCUT2D eigenvalue weighted by atomic mass is 32.1. The van der Waals surface area contributed by atoms with Crippen LogP contribution in [0.5, 0.6) is 0 Å². The lowest BCUT2D eigenvalue weighted by Crippen LogP contribution is -1.99. The van der Waals surface area contributed by atoms with Crippen LogP contribution < -0.4 is 0 Å². The van der Waals surface area contributed by atoms with E-state index in [0.717, 1.165) is 36.0 Å². The number of hydrogen-bond acceptors (Lipinski definition) is 1. The van der Waals surface area contributed by atoms with E-state index in [9.17, 15) is 8.78 Å². The third-order valence-electron chi connectivity index (χ3n) is 3.31. The largest absolute Gasteiger partial charge is 0.361 e. The molecule has 0 bridgehead atoms. The first kappa shape index (κ1) is 13.4. The molecule has 0 fully saturated rings. The normalized spacial score (nSPS) is 13.1. The van der Waals surface area contributed by atoms with Crippen molar-refractivity contribution in [3.8, 4) is 0 Å². The summed E-state index contributed by atoms with van der Waals surface area (Å²) in [7, 11) is 0. The fourth-order valence-electron chi connectivity index (χ4n) is 2.44. The van der Waals surface area contributed by atoms with Gasteiger partial charge in [0.2, 0.25) is 0 Å². The van der Waals surface area contributed by atoms with Crippen molar-refractivity contribution in [2.45, 2.75) is 32.1 Å². The number of aromatic nitrogens is 1. The van der Waals surface area contributed by atoms with Gasteiger partial charge in [-0.15, -0.1) is 0 Å². The van der Waals surface area contributed by atoms with Gasteiger partial charge in [0.1, 0.15) is 0 Å². The maximum absolute atomic E-state index is 13.3. The topological polar surface area (TPSA) is 15.8 Å². The van der Waals surface area contributed by atoms with Gasteiger partial charge >= 0.3 is 0 Å². The van der Waals surface area contributed by atoms with Crippen LogP contribution in [0.2, 0.25) is 0 Å². The molecule has 4 heteroatoms. The molecule has 0 aliphatic carbocycles. The third-order valence-corrected chi connectivity index (χ3v) is 3.57. The molecule has 0 saturated carbocycles.